The Morgan fingerprint density at radius 2 is 2.05 bits per heavy atom. The summed E-state index contributed by atoms with van der Waals surface area (Å²) in [5, 5.41) is 7.60. The van der Waals surface area contributed by atoms with Gasteiger partial charge in [0.1, 0.15) is 5.82 Å². The van der Waals surface area contributed by atoms with Crippen LogP contribution < -0.4 is 5.32 Å². The molecule has 0 atom stereocenters. The Bertz CT molecular complexity index is 590. The van der Waals surface area contributed by atoms with E-state index in [0.717, 1.165) is 42.8 Å². The summed E-state index contributed by atoms with van der Waals surface area (Å²) in [5.74, 6) is -0.154. The van der Waals surface area contributed by atoms with Gasteiger partial charge in [-0.2, -0.15) is 5.10 Å². The zero-order chi connectivity index (χ0) is 15.2. The van der Waals surface area contributed by atoms with Crippen molar-refractivity contribution in [2.75, 3.05) is 6.54 Å². The van der Waals surface area contributed by atoms with E-state index in [0.29, 0.717) is 12.1 Å². The first-order valence-electron chi connectivity index (χ1n) is 7.69. The summed E-state index contributed by atoms with van der Waals surface area (Å²) in [4.78, 5) is 0. The molecule has 0 saturated heterocycles. The highest BCUT2D eigenvalue weighted by Gasteiger charge is 2.10. The molecule has 3 nitrogen and oxygen atoms in total. The molecule has 2 rings (SSSR count). The molecule has 0 radical (unpaired) electrons. The molecule has 0 amide bonds. The molecule has 1 N–H and O–H groups in total. The highest BCUT2D eigenvalue weighted by molar-refractivity contribution is 5.65. The third-order valence-electron chi connectivity index (χ3n) is 3.64. The standard InChI is InChI=1S/C17H24FN3/c1-4-8-19-11-15-7-6-14(10-17(15)18)16-12-20-21(9-5-2)13(16)3/h6-7,10,12,19H,4-5,8-9,11H2,1-3H3. The molecule has 114 valence electrons. The third kappa shape index (κ3) is 3.70. The minimum absolute atomic E-state index is 0.154. The van der Waals surface area contributed by atoms with E-state index >= 15 is 0 Å². The van der Waals surface area contributed by atoms with Crippen LogP contribution in [0.25, 0.3) is 11.1 Å². The molecule has 0 aliphatic heterocycles. The second-order valence-corrected chi connectivity index (χ2v) is 5.35. The second-order valence-electron chi connectivity index (χ2n) is 5.35. The fourth-order valence-corrected chi connectivity index (χ4v) is 2.43. The van der Waals surface area contributed by atoms with Gasteiger partial charge in [-0.25, -0.2) is 4.39 Å². The number of nitrogens with zero attached hydrogens (tertiary/aromatic N) is 2. The predicted octanol–water partition coefficient (Wildman–Crippen LogP) is 3.91. The summed E-state index contributed by atoms with van der Waals surface area (Å²) in [6.45, 7) is 8.64. The maximum absolute atomic E-state index is 14.2. The van der Waals surface area contributed by atoms with Gasteiger partial charge >= 0.3 is 0 Å². The monoisotopic (exact) mass is 289 g/mol. The van der Waals surface area contributed by atoms with Crippen molar-refractivity contribution in [3.05, 3.63) is 41.5 Å². The number of benzene rings is 1. The van der Waals surface area contributed by atoms with Gasteiger partial charge in [0.2, 0.25) is 0 Å². The zero-order valence-corrected chi connectivity index (χ0v) is 13.1. The Balaban J connectivity index is 2.19. The molecule has 0 aliphatic rings. The fourth-order valence-electron chi connectivity index (χ4n) is 2.43. The SMILES string of the molecule is CCCNCc1ccc(-c2cnn(CCC)c2C)cc1F. The lowest BCUT2D eigenvalue weighted by atomic mass is 10.0. The van der Waals surface area contributed by atoms with Crippen LogP contribution in [0.15, 0.2) is 24.4 Å². The highest BCUT2D eigenvalue weighted by atomic mass is 19.1. The van der Waals surface area contributed by atoms with Crippen LogP contribution in [0.3, 0.4) is 0 Å². The zero-order valence-electron chi connectivity index (χ0n) is 13.1. The topological polar surface area (TPSA) is 29.9 Å². The summed E-state index contributed by atoms with van der Waals surface area (Å²) in [7, 11) is 0. The molecule has 1 aromatic carbocycles. The van der Waals surface area contributed by atoms with E-state index < -0.39 is 0 Å². The molecule has 0 unspecified atom stereocenters. The van der Waals surface area contributed by atoms with Crippen molar-refractivity contribution in [3.63, 3.8) is 0 Å². The van der Waals surface area contributed by atoms with Gasteiger partial charge < -0.3 is 5.32 Å². The molecule has 0 saturated carbocycles. The Hall–Kier alpha value is -1.68. The minimum Gasteiger partial charge on any atom is -0.313 e. The molecule has 21 heavy (non-hydrogen) atoms. The van der Waals surface area contributed by atoms with E-state index in [2.05, 4.69) is 24.3 Å². The number of halogens is 1. The fraction of sp³-hybridized carbons (Fsp3) is 0.471. The summed E-state index contributed by atoms with van der Waals surface area (Å²) in [5.41, 5.74) is 3.71. The molecule has 2 aromatic rings. The van der Waals surface area contributed by atoms with Gasteiger partial charge in [0.25, 0.3) is 0 Å². The summed E-state index contributed by atoms with van der Waals surface area (Å²) in [6, 6.07) is 5.46. The molecule has 0 fully saturated rings. The van der Waals surface area contributed by atoms with Crippen LogP contribution in [0, 0.1) is 12.7 Å². The smallest absolute Gasteiger partial charge is 0.128 e. The summed E-state index contributed by atoms with van der Waals surface area (Å²) < 4.78 is 16.2. The van der Waals surface area contributed by atoms with Crippen molar-refractivity contribution in [1.82, 2.24) is 15.1 Å². The van der Waals surface area contributed by atoms with Crippen LogP contribution >= 0.6 is 0 Å². The Labute approximate surface area is 126 Å². The Morgan fingerprint density at radius 3 is 2.71 bits per heavy atom. The first-order chi connectivity index (χ1) is 10.2. The maximum atomic E-state index is 14.2. The first-order valence-corrected chi connectivity index (χ1v) is 7.69. The molecule has 0 bridgehead atoms. The van der Waals surface area contributed by atoms with Crippen molar-refractivity contribution < 1.29 is 4.39 Å². The van der Waals surface area contributed by atoms with Gasteiger partial charge in [0, 0.05) is 29.9 Å². The molecule has 0 spiro atoms. The molecule has 1 heterocycles. The molecule has 0 aliphatic carbocycles. The van der Waals surface area contributed by atoms with E-state index in [4.69, 9.17) is 0 Å². The lowest BCUT2D eigenvalue weighted by Gasteiger charge is -2.08. The number of hydrogen-bond donors (Lipinski definition) is 1. The average molecular weight is 289 g/mol. The van der Waals surface area contributed by atoms with Crippen molar-refractivity contribution in [2.24, 2.45) is 0 Å². The number of nitrogens with one attached hydrogen (secondary N) is 1. The van der Waals surface area contributed by atoms with Crippen LogP contribution in [0.2, 0.25) is 0 Å². The number of hydrogen-bond acceptors (Lipinski definition) is 2. The summed E-state index contributed by atoms with van der Waals surface area (Å²) in [6.07, 6.45) is 3.92. The normalized spacial score (nSPS) is 11.0. The molecule has 1 aromatic heterocycles. The number of aromatic nitrogens is 2. The lowest BCUT2D eigenvalue weighted by molar-refractivity contribution is 0.586. The third-order valence-corrected chi connectivity index (χ3v) is 3.64. The van der Waals surface area contributed by atoms with Crippen molar-refractivity contribution in [1.29, 1.82) is 0 Å². The average Bonchev–Trinajstić information content (AvgIpc) is 2.83. The van der Waals surface area contributed by atoms with E-state index in [1.54, 1.807) is 6.07 Å². The number of rotatable bonds is 7. The number of aryl methyl sites for hydroxylation is 1. The largest absolute Gasteiger partial charge is 0.313 e. The quantitative estimate of drug-likeness (QED) is 0.783. The van der Waals surface area contributed by atoms with E-state index in [-0.39, 0.29) is 5.82 Å². The Morgan fingerprint density at radius 1 is 1.24 bits per heavy atom. The first kappa shape index (κ1) is 15.7. The maximum Gasteiger partial charge on any atom is 0.128 e. The minimum atomic E-state index is -0.154. The molecular formula is C17H24FN3. The van der Waals surface area contributed by atoms with Crippen LogP contribution in [-0.4, -0.2) is 16.3 Å². The van der Waals surface area contributed by atoms with Gasteiger partial charge in [-0.15, -0.1) is 0 Å². The van der Waals surface area contributed by atoms with Crippen molar-refractivity contribution in [2.45, 2.75) is 46.7 Å². The van der Waals surface area contributed by atoms with Crippen molar-refractivity contribution in [3.8, 4) is 11.1 Å². The summed E-state index contributed by atoms with van der Waals surface area (Å²) >= 11 is 0. The second kappa shape index (κ2) is 7.36. The van der Waals surface area contributed by atoms with E-state index in [9.17, 15) is 4.39 Å². The van der Waals surface area contributed by atoms with Crippen LogP contribution in [-0.2, 0) is 13.1 Å². The van der Waals surface area contributed by atoms with Gasteiger partial charge in [-0.05, 0) is 37.9 Å². The van der Waals surface area contributed by atoms with Crippen LogP contribution in [0.5, 0.6) is 0 Å². The lowest BCUT2D eigenvalue weighted by Crippen LogP contribution is -2.14. The molecule has 4 heteroatoms. The van der Waals surface area contributed by atoms with Gasteiger partial charge in [-0.1, -0.05) is 26.0 Å². The van der Waals surface area contributed by atoms with Crippen LogP contribution in [0.4, 0.5) is 4.39 Å². The van der Waals surface area contributed by atoms with E-state index in [1.165, 1.54) is 0 Å². The predicted molar refractivity (Wildman–Crippen MR) is 84.6 cm³/mol. The van der Waals surface area contributed by atoms with E-state index in [1.807, 2.05) is 29.9 Å². The van der Waals surface area contributed by atoms with Gasteiger partial charge in [-0.3, -0.25) is 4.68 Å². The Kier molecular flexibility index (Phi) is 5.51. The van der Waals surface area contributed by atoms with Crippen LogP contribution in [0.1, 0.15) is 37.9 Å². The highest BCUT2D eigenvalue weighted by Crippen LogP contribution is 2.25. The van der Waals surface area contributed by atoms with Gasteiger partial charge in [0.15, 0.2) is 0 Å². The van der Waals surface area contributed by atoms with Gasteiger partial charge in [0.05, 0.1) is 6.20 Å². The van der Waals surface area contributed by atoms with Crippen molar-refractivity contribution >= 4 is 0 Å². The molecular weight excluding hydrogens is 265 g/mol.